The van der Waals surface area contributed by atoms with E-state index in [-0.39, 0.29) is 27.9 Å². The molecule has 0 saturated heterocycles. The molecule has 36 heavy (non-hydrogen) atoms. The molecule has 0 radical (unpaired) electrons. The number of nitro benzene ring substituents is 1. The van der Waals surface area contributed by atoms with E-state index in [9.17, 15) is 19.7 Å². The van der Waals surface area contributed by atoms with Crippen molar-refractivity contribution in [3.05, 3.63) is 86.2 Å². The van der Waals surface area contributed by atoms with Crippen molar-refractivity contribution in [3.8, 4) is 0 Å². The van der Waals surface area contributed by atoms with Gasteiger partial charge in [-0.25, -0.2) is 0 Å². The Morgan fingerprint density at radius 3 is 2.64 bits per heavy atom. The standard InChI is InChI=1S/C23H22Cl2N6O4S/c1-4-9-30-21(14(3)26-22(33)17-7-5-15(24)11-18(17)25)28-29-23(30)36-12-20(32)27-19-8-6-16(31(34)35)10-13(19)2/h4-8,10-11,14H,1,9,12H2,2-3H3,(H,26,33)(H,27,32). The highest BCUT2D eigenvalue weighted by molar-refractivity contribution is 7.99. The molecule has 0 aliphatic rings. The summed E-state index contributed by atoms with van der Waals surface area (Å²) >= 11 is 13.2. The number of non-ortho nitro benzene ring substituents is 1. The van der Waals surface area contributed by atoms with Crippen LogP contribution in [0.5, 0.6) is 0 Å². The molecule has 0 saturated carbocycles. The number of aryl methyl sites for hydroxylation is 1. The number of benzene rings is 2. The molecule has 3 rings (SSSR count). The fraction of sp³-hybridized carbons (Fsp3) is 0.217. The third-order valence-electron chi connectivity index (χ3n) is 5.00. The number of aromatic nitrogens is 3. The molecule has 188 valence electrons. The van der Waals surface area contributed by atoms with Gasteiger partial charge in [0.2, 0.25) is 5.91 Å². The Morgan fingerprint density at radius 2 is 2.00 bits per heavy atom. The third-order valence-corrected chi connectivity index (χ3v) is 6.51. The monoisotopic (exact) mass is 548 g/mol. The van der Waals surface area contributed by atoms with Crippen molar-refractivity contribution in [2.45, 2.75) is 31.6 Å². The van der Waals surface area contributed by atoms with Gasteiger partial charge in [-0.1, -0.05) is 41.0 Å². The topological polar surface area (TPSA) is 132 Å². The average Bonchev–Trinajstić information content (AvgIpc) is 3.21. The van der Waals surface area contributed by atoms with Gasteiger partial charge in [0.15, 0.2) is 11.0 Å². The summed E-state index contributed by atoms with van der Waals surface area (Å²) in [6.07, 6.45) is 1.65. The van der Waals surface area contributed by atoms with Crippen LogP contribution in [0.3, 0.4) is 0 Å². The predicted molar refractivity (Wildman–Crippen MR) is 140 cm³/mol. The molecule has 3 aromatic rings. The molecule has 2 aromatic carbocycles. The highest BCUT2D eigenvalue weighted by atomic mass is 35.5. The molecule has 2 amide bonds. The van der Waals surface area contributed by atoms with E-state index in [2.05, 4.69) is 27.4 Å². The van der Waals surface area contributed by atoms with Crippen LogP contribution in [0, 0.1) is 17.0 Å². The number of nitro groups is 1. The summed E-state index contributed by atoms with van der Waals surface area (Å²) in [4.78, 5) is 35.6. The summed E-state index contributed by atoms with van der Waals surface area (Å²) < 4.78 is 1.75. The van der Waals surface area contributed by atoms with E-state index < -0.39 is 16.9 Å². The van der Waals surface area contributed by atoms with Gasteiger partial charge in [0.25, 0.3) is 11.6 Å². The summed E-state index contributed by atoms with van der Waals surface area (Å²) in [5.74, 6) is -0.218. The van der Waals surface area contributed by atoms with Crippen LogP contribution < -0.4 is 10.6 Å². The molecule has 1 aromatic heterocycles. The Kier molecular flexibility index (Phi) is 9.08. The highest BCUT2D eigenvalue weighted by Crippen LogP contribution is 2.25. The van der Waals surface area contributed by atoms with Gasteiger partial charge in [0.05, 0.1) is 27.3 Å². The minimum Gasteiger partial charge on any atom is -0.342 e. The number of hydrogen-bond donors (Lipinski definition) is 2. The van der Waals surface area contributed by atoms with Crippen molar-refractivity contribution in [1.29, 1.82) is 0 Å². The molecule has 1 heterocycles. The lowest BCUT2D eigenvalue weighted by molar-refractivity contribution is -0.384. The minimum atomic E-state index is -0.525. The number of amides is 2. The molecule has 1 unspecified atom stereocenters. The van der Waals surface area contributed by atoms with Crippen LogP contribution in [0.15, 0.2) is 54.2 Å². The first-order valence-electron chi connectivity index (χ1n) is 10.6. The molecule has 10 nitrogen and oxygen atoms in total. The molecule has 0 aliphatic carbocycles. The minimum absolute atomic E-state index is 0.0207. The number of thioether (sulfide) groups is 1. The quantitative estimate of drug-likeness (QED) is 0.154. The van der Waals surface area contributed by atoms with Crippen LogP contribution in [0.25, 0.3) is 0 Å². The normalized spacial score (nSPS) is 11.6. The van der Waals surface area contributed by atoms with Gasteiger partial charge in [-0.15, -0.1) is 16.8 Å². The second-order valence-electron chi connectivity index (χ2n) is 7.65. The van der Waals surface area contributed by atoms with Crippen molar-refractivity contribution < 1.29 is 14.5 Å². The van der Waals surface area contributed by atoms with Crippen LogP contribution in [0.4, 0.5) is 11.4 Å². The maximum Gasteiger partial charge on any atom is 0.269 e. The summed E-state index contributed by atoms with van der Waals surface area (Å²) in [7, 11) is 0. The smallest absolute Gasteiger partial charge is 0.269 e. The number of nitrogens with one attached hydrogen (secondary N) is 2. The lowest BCUT2D eigenvalue weighted by Crippen LogP contribution is -2.29. The Morgan fingerprint density at radius 1 is 1.25 bits per heavy atom. The maximum atomic E-state index is 12.7. The molecule has 0 aliphatic heterocycles. The van der Waals surface area contributed by atoms with Crippen molar-refractivity contribution in [3.63, 3.8) is 0 Å². The lowest BCUT2D eigenvalue weighted by atomic mass is 10.2. The first-order chi connectivity index (χ1) is 17.1. The van der Waals surface area contributed by atoms with E-state index in [0.29, 0.717) is 33.8 Å². The zero-order valence-electron chi connectivity index (χ0n) is 19.3. The zero-order valence-corrected chi connectivity index (χ0v) is 21.7. The molecule has 2 N–H and O–H groups in total. The van der Waals surface area contributed by atoms with Gasteiger partial charge >= 0.3 is 0 Å². The second kappa shape index (κ2) is 12.0. The molecule has 0 bridgehead atoms. The van der Waals surface area contributed by atoms with E-state index >= 15 is 0 Å². The average molecular weight is 549 g/mol. The Hall–Kier alpha value is -3.41. The van der Waals surface area contributed by atoms with Crippen LogP contribution >= 0.6 is 35.0 Å². The number of carbonyl (C=O) groups is 2. The van der Waals surface area contributed by atoms with Gasteiger partial charge in [0, 0.05) is 29.4 Å². The summed E-state index contributed by atoms with van der Waals surface area (Å²) in [5.41, 5.74) is 1.28. The van der Waals surface area contributed by atoms with Crippen molar-refractivity contribution in [1.82, 2.24) is 20.1 Å². The van der Waals surface area contributed by atoms with E-state index in [1.54, 1.807) is 30.6 Å². The van der Waals surface area contributed by atoms with Crippen LogP contribution in [0.1, 0.15) is 34.7 Å². The van der Waals surface area contributed by atoms with Gasteiger partial charge < -0.3 is 15.2 Å². The fourth-order valence-corrected chi connectivity index (χ4v) is 4.51. The molecular formula is C23H22Cl2N6O4S. The number of halogens is 2. The third kappa shape index (κ3) is 6.62. The second-order valence-corrected chi connectivity index (χ2v) is 9.44. The fourth-order valence-electron chi connectivity index (χ4n) is 3.26. The number of rotatable bonds is 10. The number of carbonyl (C=O) groups excluding carboxylic acids is 2. The van der Waals surface area contributed by atoms with Crippen molar-refractivity contribution >= 4 is 58.2 Å². The van der Waals surface area contributed by atoms with Crippen molar-refractivity contribution in [2.75, 3.05) is 11.1 Å². The number of allylic oxidation sites excluding steroid dienone is 1. The van der Waals surface area contributed by atoms with Crippen molar-refractivity contribution in [2.24, 2.45) is 0 Å². The maximum absolute atomic E-state index is 12.7. The predicted octanol–water partition coefficient (Wildman–Crippen LogP) is 5.21. The molecule has 0 spiro atoms. The van der Waals surface area contributed by atoms with Crippen LogP contribution in [-0.2, 0) is 11.3 Å². The Balaban J connectivity index is 1.68. The lowest BCUT2D eigenvalue weighted by Gasteiger charge is -2.16. The SMILES string of the molecule is C=CCn1c(SCC(=O)Nc2ccc([N+](=O)[O-])cc2C)nnc1C(C)NC(=O)c1ccc(Cl)cc1Cl. The van der Waals surface area contributed by atoms with Gasteiger partial charge in [-0.3, -0.25) is 19.7 Å². The van der Waals surface area contributed by atoms with E-state index in [4.69, 9.17) is 23.2 Å². The first kappa shape index (κ1) is 27.2. The van der Waals surface area contributed by atoms with E-state index in [0.717, 1.165) is 11.8 Å². The van der Waals surface area contributed by atoms with E-state index in [1.165, 1.54) is 30.3 Å². The first-order valence-corrected chi connectivity index (χ1v) is 12.3. The Bertz CT molecular complexity index is 1330. The largest absolute Gasteiger partial charge is 0.342 e. The molecule has 13 heteroatoms. The number of anilines is 1. The number of nitrogens with zero attached hydrogens (tertiary/aromatic N) is 4. The van der Waals surface area contributed by atoms with Gasteiger partial charge in [-0.05, 0) is 43.7 Å². The summed E-state index contributed by atoms with van der Waals surface area (Å²) in [6, 6.07) is 8.28. The number of hydrogen-bond acceptors (Lipinski definition) is 7. The van der Waals surface area contributed by atoms with Gasteiger partial charge in [-0.2, -0.15) is 0 Å². The molecule has 0 fully saturated rings. The molecular weight excluding hydrogens is 527 g/mol. The van der Waals surface area contributed by atoms with E-state index in [1.807, 2.05) is 0 Å². The van der Waals surface area contributed by atoms with Crippen LogP contribution in [-0.4, -0.2) is 37.3 Å². The van der Waals surface area contributed by atoms with Crippen LogP contribution in [0.2, 0.25) is 10.0 Å². The molecule has 1 atom stereocenters. The Labute approximate surface area is 221 Å². The summed E-state index contributed by atoms with van der Waals surface area (Å²) in [6.45, 7) is 7.54. The summed E-state index contributed by atoms with van der Waals surface area (Å²) in [5, 5.41) is 26.0. The highest BCUT2D eigenvalue weighted by Gasteiger charge is 2.21. The van der Waals surface area contributed by atoms with Gasteiger partial charge in [0.1, 0.15) is 0 Å². The zero-order chi connectivity index (χ0) is 26.4.